The summed E-state index contributed by atoms with van der Waals surface area (Å²) in [6.45, 7) is 4.39. The van der Waals surface area contributed by atoms with Gasteiger partial charge in [-0.2, -0.15) is 0 Å². The molecule has 2 N–H and O–H groups in total. The standard InChI is InChI=1S/C15H19N3O2S/c1-2-20-12-9-18(8-10(12)7-16)15(19)14-17-11-5-3-4-6-13(11)21-14/h3-6,10,12H,2,7-9,16H2,1H3. The summed E-state index contributed by atoms with van der Waals surface area (Å²) in [5.41, 5.74) is 6.66. The van der Waals surface area contributed by atoms with E-state index in [1.165, 1.54) is 11.3 Å². The molecule has 1 aromatic heterocycles. The number of benzene rings is 1. The fourth-order valence-electron chi connectivity index (χ4n) is 2.74. The Kier molecular flexibility index (Phi) is 4.19. The van der Waals surface area contributed by atoms with Crippen molar-refractivity contribution in [3.8, 4) is 0 Å². The highest BCUT2D eigenvalue weighted by Crippen LogP contribution is 2.26. The molecule has 2 aromatic rings. The van der Waals surface area contributed by atoms with Crippen molar-refractivity contribution >= 4 is 27.5 Å². The van der Waals surface area contributed by atoms with Gasteiger partial charge in [0.25, 0.3) is 5.91 Å². The Balaban J connectivity index is 1.79. The lowest BCUT2D eigenvalue weighted by Gasteiger charge is -2.15. The zero-order valence-electron chi connectivity index (χ0n) is 12.0. The number of carbonyl (C=O) groups excluding carboxylic acids is 1. The second-order valence-corrected chi connectivity index (χ2v) is 6.22. The van der Waals surface area contributed by atoms with E-state index < -0.39 is 0 Å². The molecule has 112 valence electrons. The lowest BCUT2D eigenvalue weighted by molar-refractivity contribution is 0.0432. The van der Waals surface area contributed by atoms with Gasteiger partial charge in [0.1, 0.15) is 0 Å². The third-order valence-electron chi connectivity index (χ3n) is 3.83. The van der Waals surface area contributed by atoms with Gasteiger partial charge in [-0.1, -0.05) is 12.1 Å². The molecule has 1 aliphatic rings. The van der Waals surface area contributed by atoms with Crippen molar-refractivity contribution in [3.63, 3.8) is 0 Å². The van der Waals surface area contributed by atoms with Crippen LogP contribution in [0.1, 0.15) is 16.7 Å². The average Bonchev–Trinajstić information content (AvgIpc) is 3.10. The van der Waals surface area contributed by atoms with Gasteiger partial charge in [0.2, 0.25) is 0 Å². The zero-order valence-corrected chi connectivity index (χ0v) is 12.8. The molecule has 1 amide bonds. The number of para-hydroxylation sites is 1. The van der Waals surface area contributed by atoms with E-state index in [4.69, 9.17) is 10.5 Å². The maximum absolute atomic E-state index is 12.6. The van der Waals surface area contributed by atoms with Crippen LogP contribution in [0.25, 0.3) is 10.2 Å². The summed E-state index contributed by atoms with van der Waals surface area (Å²) < 4.78 is 6.73. The predicted molar refractivity (Wildman–Crippen MR) is 83.5 cm³/mol. The molecule has 2 unspecified atom stereocenters. The van der Waals surface area contributed by atoms with E-state index in [0.29, 0.717) is 31.2 Å². The van der Waals surface area contributed by atoms with Crippen molar-refractivity contribution in [3.05, 3.63) is 29.3 Å². The zero-order chi connectivity index (χ0) is 14.8. The topological polar surface area (TPSA) is 68.5 Å². The molecular formula is C15H19N3O2S. The van der Waals surface area contributed by atoms with Gasteiger partial charge in [-0.05, 0) is 25.6 Å². The molecule has 2 heterocycles. The van der Waals surface area contributed by atoms with Crippen LogP contribution in [0.2, 0.25) is 0 Å². The number of nitrogens with zero attached hydrogens (tertiary/aromatic N) is 2. The Hall–Kier alpha value is -1.50. The minimum Gasteiger partial charge on any atom is -0.376 e. The summed E-state index contributed by atoms with van der Waals surface area (Å²) in [6.07, 6.45) is 0.0401. The fraction of sp³-hybridized carbons (Fsp3) is 0.467. The lowest BCUT2D eigenvalue weighted by Crippen LogP contribution is -2.30. The Labute approximate surface area is 127 Å². The summed E-state index contributed by atoms with van der Waals surface area (Å²) in [4.78, 5) is 18.9. The lowest BCUT2D eigenvalue weighted by atomic mass is 10.1. The van der Waals surface area contributed by atoms with Gasteiger partial charge in [0.15, 0.2) is 5.01 Å². The van der Waals surface area contributed by atoms with Crippen LogP contribution in [0.3, 0.4) is 0 Å². The van der Waals surface area contributed by atoms with E-state index >= 15 is 0 Å². The summed E-state index contributed by atoms with van der Waals surface area (Å²) in [5.74, 6) is 0.195. The maximum atomic E-state index is 12.6. The summed E-state index contributed by atoms with van der Waals surface area (Å²) in [7, 11) is 0. The number of fused-ring (bicyclic) bond motifs is 1. The number of amides is 1. The van der Waals surface area contributed by atoms with Crippen LogP contribution in [0.5, 0.6) is 0 Å². The van der Waals surface area contributed by atoms with Crippen molar-refractivity contribution < 1.29 is 9.53 Å². The van der Waals surface area contributed by atoms with Crippen LogP contribution in [0.4, 0.5) is 0 Å². The summed E-state index contributed by atoms with van der Waals surface area (Å²) in [5, 5.41) is 0.545. The molecule has 21 heavy (non-hydrogen) atoms. The summed E-state index contributed by atoms with van der Waals surface area (Å²) >= 11 is 1.44. The molecule has 0 spiro atoms. The highest BCUT2D eigenvalue weighted by Gasteiger charge is 2.36. The third-order valence-corrected chi connectivity index (χ3v) is 4.85. The second-order valence-electron chi connectivity index (χ2n) is 5.19. The number of likely N-dealkylation sites (tertiary alicyclic amines) is 1. The largest absolute Gasteiger partial charge is 0.376 e. The number of aromatic nitrogens is 1. The number of ether oxygens (including phenoxy) is 1. The first-order chi connectivity index (χ1) is 10.2. The number of rotatable bonds is 4. The van der Waals surface area contributed by atoms with E-state index in [-0.39, 0.29) is 17.9 Å². The molecule has 1 aliphatic heterocycles. The van der Waals surface area contributed by atoms with Crippen molar-refractivity contribution in [2.75, 3.05) is 26.2 Å². The minimum atomic E-state index is -0.0168. The number of hydrogen-bond donors (Lipinski definition) is 1. The van der Waals surface area contributed by atoms with Crippen molar-refractivity contribution in [1.29, 1.82) is 0 Å². The van der Waals surface area contributed by atoms with Crippen LogP contribution in [-0.2, 0) is 4.74 Å². The molecule has 6 heteroatoms. The van der Waals surface area contributed by atoms with Crippen LogP contribution in [0.15, 0.2) is 24.3 Å². The van der Waals surface area contributed by atoms with Gasteiger partial charge >= 0.3 is 0 Å². The van der Waals surface area contributed by atoms with Crippen molar-refractivity contribution in [2.45, 2.75) is 13.0 Å². The van der Waals surface area contributed by atoms with Crippen LogP contribution in [-0.4, -0.2) is 48.1 Å². The first-order valence-corrected chi connectivity index (χ1v) is 8.01. The Morgan fingerprint density at radius 1 is 1.48 bits per heavy atom. The van der Waals surface area contributed by atoms with Gasteiger partial charge in [0.05, 0.1) is 16.3 Å². The first kappa shape index (κ1) is 14.4. The molecule has 0 radical (unpaired) electrons. The highest BCUT2D eigenvalue weighted by molar-refractivity contribution is 7.20. The van der Waals surface area contributed by atoms with Crippen LogP contribution < -0.4 is 5.73 Å². The number of carbonyl (C=O) groups is 1. The number of hydrogen-bond acceptors (Lipinski definition) is 5. The van der Waals surface area contributed by atoms with Crippen LogP contribution >= 0.6 is 11.3 Å². The SMILES string of the molecule is CCOC1CN(C(=O)c2nc3ccccc3s2)CC1CN. The fourth-order valence-corrected chi connectivity index (χ4v) is 3.67. The van der Waals surface area contributed by atoms with Gasteiger partial charge in [-0.3, -0.25) is 4.79 Å². The van der Waals surface area contributed by atoms with Gasteiger partial charge in [0, 0.05) is 25.6 Å². The summed E-state index contributed by atoms with van der Waals surface area (Å²) in [6, 6.07) is 7.81. The molecule has 0 bridgehead atoms. The molecule has 3 rings (SSSR count). The minimum absolute atomic E-state index is 0.0168. The van der Waals surface area contributed by atoms with E-state index in [2.05, 4.69) is 4.98 Å². The van der Waals surface area contributed by atoms with Crippen molar-refractivity contribution in [1.82, 2.24) is 9.88 Å². The maximum Gasteiger partial charge on any atom is 0.282 e. The van der Waals surface area contributed by atoms with E-state index in [0.717, 1.165) is 10.2 Å². The second kappa shape index (κ2) is 6.09. The Bertz CT molecular complexity index is 610. The molecular weight excluding hydrogens is 286 g/mol. The molecule has 1 aromatic carbocycles. The van der Waals surface area contributed by atoms with E-state index in [9.17, 15) is 4.79 Å². The monoisotopic (exact) mass is 305 g/mol. The molecule has 1 saturated heterocycles. The number of nitrogens with two attached hydrogens (primary N) is 1. The normalized spacial score (nSPS) is 22.1. The number of thiazole rings is 1. The molecule has 2 atom stereocenters. The third kappa shape index (κ3) is 2.79. The first-order valence-electron chi connectivity index (χ1n) is 7.19. The highest BCUT2D eigenvalue weighted by atomic mass is 32.1. The molecule has 0 aliphatic carbocycles. The van der Waals surface area contributed by atoms with Crippen molar-refractivity contribution in [2.24, 2.45) is 11.7 Å². The quantitative estimate of drug-likeness (QED) is 0.934. The van der Waals surface area contributed by atoms with Gasteiger partial charge in [-0.25, -0.2) is 4.98 Å². The smallest absolute Gasteiger partial charge is 0.282 e. The van der Waals surface area contributed by atoms with Gasteiger partial charge < -0.3 is 15.4 Å². The Morgan fingerprint density at radius 2 is 2.29 bits per heavy atom. The Morgan fingerprint density at radius 3 is 3.00 bits per heavy atom. The van der Waals surface area contributed by atoms with Gasteiger partial charge in [-0.15, -0.1) is 11.3 Å². The van der Waals surface area contributed by atoms with E-state index in [1.807, 2.05) is 36.1 Å². The predicted octanol–water partition coefficient (Wildman–Crippen LogP) is 1.73. The van der Waals surface area contributed by atoms with Crippen LogP contribution in [0, 0.1) is 5.92 Å². The molecule has 5 nitrogen and oxygen atoms in total. The molecule has 0 saturated carbocycles. The average molecular weight is 305 g/mol. The van der Waals surface area contributed by atoms with E-state index in [1.54, 1.807) is 0 Å². The molecule has 1 fully saturated rings.